The SMILES string of the molecule is CC1=CC[C-]=C1C(c1cc(C)cc(C)c1)(c1cc(C)cc(C)c1)c1cc(C)cc(C)c1.[Cl-].[Cl-].[Cl-].[Ti+4]. The van der Waals surface area contributed by atoms with Gasteiger partial charge >= 0.3 is 21.7 Å². The third-order valence-corrected chi connectivity index (χ3v) is 6.42. The van der Waals surface area contributed by atoms with Crippen LogP contribution in [0.3, 0.4) is 0 Å². The minimum absolute atomic E-state index is 0. The molecular formula is C31H33Cl3Ti. The number of aryl methyl sites for hydroxylation is 6. The number of rotatable bonds is 4. The predicted octanol–water partition coefficient (Wildman–Crippen LogP) is -1.04. The fraction of sp³-hybridized carbons (Fsp3) is 0.290. The van der Waals surface area contributed by atoms with Crippen LogP contribution >= 0.6 is 0 Å². The van der Waals surface area contributed by atoms with Crippen LogP contribution in [0.4, 0.5) is 0 Å². The molecule has 0 radical (unpaired) electrons. The molecule has 3 aromatic rings. The Morgan fingerprint density at radius 2 is 0.800 bits per heavy atom. The molecule has 4 rings (SSSR count). The van der Waals surface area contributed by atoms with Crippen molar-refractivity contribution in [3.05, 3.63) is 128 Å². The second kappa shape index (κ2) is 13.3. The van der Waals surface area contributed by atoms with Crippen molar-refractivity contribution in [2.24, 2.45) is 0 Å². The molecule has 0 N–H and O–H groups in total. The maximum Gasteiger partial charge on any atom is 4.00 e. The van der Waals surface area contributed by atoms with Gasteiger partial charge in [0.25, 0.3) is 0 Å². The zero-order valence-corrected chi connectivity index (χ0v) is 25.4. The fourth-order valence-corrected chi connectivity index (χ4v) is 5.48. The molecule has 3 aromatic carbocycles. The molecule has 0 unspecified atom stereocenters. The molecule has 35 heavy (non-hydrogen) atoms. The number of benzene rings is 3. The van der Waals surface area contributed by atoms with Crippen molar-refractivity contribution in [1.29, 1.82) is 0 Å². The zero-order valence-electron chi connectivity index (χ0n) is 21.6. The van der Waals surface area contributed by atoms with Crippen LogP contribution in [0.25, 0.3) is 0 Å². The molecule has 0 atom stereocenters. The summed E-state index contributed by atoms with van der Waals surface area (Å²) in [5, 5.41) is 0. The van der Waals surface area contributed by atoms with Gasteiger partial charge in [0.15, 0.2) is 0 Å². The van der Waals surface area contributed by atoms with Gasteiger partial charge in [-0.1, -0.05) is 88.0 Å². The fourth-order valence-electron chi connectivity index (χ4n) is 5.48. The smallest absolute Gasteiger partial charge is 1.00 e. The molecule has 0 saturated carbocycles. The molecule has 0 fully saturated rings. The van der Waals surface area contributed by atoms with E-state index in [0.717, 1.165) is 6.42 Å². The molecular weight excluding hydrogens is 527 g/mol. The minimum atomic E-state index is -0.387. The Kier molecular flexibility index (Phi) is 12.8. The van der Waals surface area contributed by atoms with Gasteiger partial charge in [-0.25, -0.2) is 5.57 Å². The first kappa shape index (κ1) is 33.7. The van der Waals surface area contributed by atoms with Crippen molar-refractivity contribution < 1.29 is 58.9 Å². The average Bonchev–Trinajstić information content (AvgIpc) is 3.06. The number of allylic oxidation sites excluding steroid dienone is 4. The first-order valence-corrected chi connectivity index (χ1v) is 11.2. The van der Waals surface area contributed by atoms with Crippen LogP contribution in [0.15, 0.2) is 71.8 Å². The topological polar surface area (TPSA) is 0 Å². The number of hydrogen-bond acceptors (Lipinski definition) is 0. The Labute approximate surface area is 245 Å². The predicted molar refractivity (Wildman–Crippen MR) is 133 cm³/mol. The van der Waals surface area contributed by atoms with E-state index in [-0.39, 0.29) is 64.4 Å². The average molecular weight is 560 g/mol. The molecule has 0 spiro atoms. The molecule has 0 aliphatic heterocycles. The Hall–Kier alpha value is -1.28. The summed E-state index contributed by atoms with van der Waals surface area (Å²) < 4.78 is 0. The molecule has 182 valence electrons. The van der Waals surface area contributed by atoms with E-state index in [2.05, 4.69) is 115 Å². The van der Waals surface area contributed by atoms with Crippen LogP contribution in [-0.2, 0) is 27.1 Å². The molecule has 0 amide bonds. The van der Waals surface area contributed by atoms with Gasteiger partial charge in [-0.2, -0.15) is 11.6 Å². The molecule has 0 nitrogen and oxygen atoms in total. The van der Waals surface area contributed by atoms with E-state index >= 15 is 0 Å². The quantitative estimate of drug-likeness (QED) is 0.218. The molecule has 0 saturated heterocycles. The van der Waals surface area contributed by atoms with Crippen molar-refractivity contribution >= 4 is 0 Å². The second-order valence-corrected chi connectivity index (χ2v) is 9.52. The van der Waals surface area contributed by atoms with E-state index in [1.807, 2.05) is 0 Å². The normalized spacial score (nSPS) is 12.3. The van der Waals surface area contributed by atoms with E-state index in [0.29, 0.717) is 0 Å². The van der Waals surface area contributed by atoms with Gasteiger partial charge in [0, 0.05) is 5.41 Å². The van der Waals surface area contributed by atoms with E-state index in [4.69, 9.17) is 0 Å². The largest absolute Gasteiger partial charge is 4.00 e. The van der Waals surface area contributed by atoms with Crippen molar-refractivity contribution in [3.8, 4) is 0 Å². The Morgan fingerprint density at radius 3 is 1.03 bits per heavy atom. The monoisotopic (exact) mass is 558 g/mol. The van der Waals surface area contributed by atoms with Crippen LogP contribution < -0.4 is 37.2 Å². The van der Waals surface area contributed by atoms with E-state index in [1.54, 1.807) is 0 Å². The standard InChI is InChI=1S/C31H33.3ClH.Ti/c1-20-11-21(2)15-27(14-20)31(30-10-8-9-26(30)7,28-16-22(3)12-23(4)17-28)29-18-24(5)13-25(6)19-29;;;;/h9,11-19H,8H2,1-7H3;3*1H;/q-1;;;;+4/p-3. The molecule has 0 bridgehead atoms. The van der Waals surface area contributed by atoms with Crippen LogP contribution in [-0.4, -0.2) is 0 Å². The molecule has 1 aliphatic rings. The Morgan fingerprint density at radius 1 is 0.514 bits per heavy atom. The number of halogens is 3. The molecule has 4 heteroatoms. The maximum absolute atomic E-state index is 3.78. The van der Waals surface area contributed by atoms with Crippen molar-refractivity contribution in [3.63, 3.8) is 0 Å². The summed E-state index contributed by atoms with van der Waals surface area (Å²) in [7, 11) is 0. The summed E-state index contributed by atoms with van der Waals surface area (Å²) in [5.74, 6) is 0. The molecule has 0 heterocycles. The summed E-state index contributed by atoms with van der Waals surface area (Å²) in [5.41, 5.74) is 14.0. The van der Waals surface area contributed by atoms with Crippen LogP contribution in [0.2, 0.25) is 0 Å². The van der Waals surface area contributed by atoms with Gasteiger partial charge in [-0.15, -0.1) is 13.3 Å². The minimum Gasteiger partial charge on any atom is -1.00 e. The summed E-state index contributed by atoms with van der Waals surface area (Å²) in [6, 6.07) is 21.1. The number of hydrogen-bond donors (Lipinski definition) is 0. The summed E-state index contributed by atoms with van der Waals surface area (Å²) in [6.45, 7) is 15.5. The molecule has 0 aromatic heterocycles. The second-order valence-electron chi connectivity index (χ2n) is 9.52. The van der Waals surface area contributed by atoms with Gasteiger partial charge in [-0.05, 0) is 58.2 Å². The van der Waals surface area contributed by atoms with Crippen molar-refractivity contribution in [1.82, 2.24) is 0 Å². The molecule has 1 aliphatic carbocycles. The summed E-state index contributed by atoms with van der Waals surface area (Å²) in [4.78, 5) is 0. The summed E-state index contributed by atoms with van der Waals surface area (Å²) >= 11 is 0. The van der Waals surface area contributed by atoms with Crippen LogP contribution in [0, 0.1) is 47.6 Å². The van der Waals surface area contributed by atoms with Gasteiger partial charge in [0.05, 0.1) is 0 Å². The first-order chi connectivity index (χ1) is 14.7. The van der Waals surface area contributed by atoms with Gasteiger partial charge in [-0.3, -0.25) is 6.08 Å². The first-order valence-electron chi connectivity index (χ1n) is 11.2. The maximum atomic E-state index is 3.78. The van der Waals surface area contributed by atoms with E-state index in [9.17, 15) is 0 Å². The summed E-state index contributed by atoms with van der Waals surface area (Å²) in [6.07, 6.45) is 6.98. The van der Waals surface area contributed by atoms with Crippen LogP contribution in [0.5, 0.6) is 0 Å². The zero-order chi connectivity index (χ0) is 22.3. The van der Waals surface area contributed by atoms with Crippen molar-refractivity contribution in [2.75, 3.05) is 0 Å². The Bertz CT molecular complexity index is 1050. The van der Waals surface area contributed by atoms with E-state index in [1.165, 1.54) is 61.2 Å². The van der Waals surface area contributed by atoms with E-state index < -0.39 is 0 Å². The Balaban J connectivity index is 0.00000289. The third kappa shape index (κ3) is 6.54. The van der Waals surface area contributed by atoms with Gasteiger partial charge in [0.1, 0.15) is 0 Å². The van der Waals surface area contributed by atoms with Gasteiger partial charge in [0.2, 0.25) is 0 Å². The third-order valence-electron chi connectivity index (χ3n) is 6.42. The van der Waals surface area contributed by atoms with Crippen molar-refractivity contribution in [2.45, 2.75) is 60.3 Å². The van der Waals surface area contributed by atoms with Gasteiger partial charge < -0.3 is 37.2 Å². The van der Waals surface area contributed by atoms with Crippen LogP contribution in [0.1, 0.15) is 63.4 Å².